The molecular formula is C13H13ClFNO4S. The number of fused-ring (bicyclic) bond motifs is 1. The van der Waals surface area contributed by atoms with E-state index in [4.69, 9.17) is 16.3 Å². The molecule has 5 nitrogen and oxygen atoms in total. The van der Waals surface area contributed by atoms with Crippen molar-refractivity contribution in [3.8, 4) is 0 Å². The summed E-state index contributed by atoms with van der Waals surface area (Å²) in [5.41, 5.74) is -0.218. The van der Waals surface area contributed by atoms with E-state index >= 15 is 0 Å². The first-order chi connectivity index (χ1) is 9.89. The van der Waals surface area contributed by atoms with Crippen LogP contribution in [0, 0.1) is 5.82 Å². The standard InChI is InChI=1S/C13H13ClFNO4S/c14-8-2-1-3-9(15)12(8)13(17)16-4-5-20-11-7-21(18,19)6-10(11)16/h1-3,10-11H,4-7H2. The molecule has 8 heteroatoms. The topological polar surface area (TPSA) is 63.7 Å². The van der Waals surface area contributed by atoms with Gasteiger partial charge in [0, 0.05) is 6.54 Å². The van der Waals surface area contributed by atoms with Crippen LogP contribution < -0.4 is 0 Å². The van der Waals surface area contributed by atoms with Gasteiger partial charge in [0.05, 0.1) is 40.8 Å². The van der Waals surface area contributed by atoms with Gasteiger partial charge < -0.3 is 9.64 Å². The number of hydrogen-bond donors (Lipinski definition) is 0. The second kappa shape index (κ2) is 5.23. The van der Waals surface area contributed by atoms with E-state index in [2.05, 4.69) is 0 Å². The van der Waals surface area contributed by atoms with Crippen LogP contribution in [0.2, 0.25) is 5.02 Å². The van der Waals surface area contributed by atoms with E-state index in [0.717, 1.165) is 6.07 Å². The molecule has 114 valence electrons. The van der Waals surface area contributed by atoms with Crippen LogP contribution in [0.5, 0.6) is 0 Å². The fourth-order valence-electron chi connectivity index (χ4n) is 2.81. The number of carbonyl (C=O) groups is 1. The van der Waals surface area contributed by atoms with Gasteiger partial charge >= 0.3 is 0 Å². The fourth-order valence-corrected chi connectivity index (χ4v) is 4.93. The number of amides is 1. The number of rotatable bonds is 1. The maximum atomic E-state index is 13.9. The van der Waals surface area contributed by atoms with Gasteiger partial charge in [0.1, 0.15) is 5.82 Å². The third-order valence-corrected chi connectivity index (χ3v) is 5.77. The normalized spacial score (nSPS) is 27.4. The van der Waals surface area contributed by atoms with E-state index in [9.17, 15) is 17.6 Å². The molecule has 0 N–H and O–H groups in total. The first-order valence-corrected chi connectivity index (χ1v) is 8.66. The minimum Gasteiger partial charge on any atom is -0.373 e. The maximum Gasteiger partial charge on any atom is 0.258 e. The average Bonchev–Trinajstić information content (AvgIpc) is 2.71. The van der Waals surface area contributed by atoms with Crippen molar-refractivity contribution in [2.24, 2.45) is 0 Å². The molecule has 0 bridgehead atoms. The second-order valence-corrected chi connectivity index (χ2v) is 7.71. The average molecular weight is 334 g/mol. The fraction of sp³-hybridized carbons (Fsp3) is 0.462. The predicted molar refractivity (Wildman–Crippen MR) is 74.6 cm³/mol. The summed E-state index contributed by atoms with van der Waals surface area (Å²) in [4.78, 5) is 13.9. The smallest absolute Gasteiger partial charge is 0.258 e. The van der Waals surface area contributed by atoms with Gasteiger partial charge in [-0.2, -0.15) is 0 Å². The molecule has 2 atom stereocenters. The Labute approximate surface area is 126 Å². The van der Waals surface area contributed by atoms with Crippen molar-refractivity contribution in [2.45, 2.75) is 12.1 Å². The highest BCUT2D eigenvalue weighted by atomic mass is 35.5. The Morgan fingerprint density at radius 1 is 1.38 bits per heavy atom. The highest BCUT2D eigenvalue weighted by molar-refractivity contribution is 7.91. The second-order valence-electron chi connectivity index (χ2n) is 5.15. The lowest BCUT2D eigenvalue weighted by atomic mass is 10.1. The molecule has 1 aromatic carbocycles. The van der Waals surface area contributed by atoms with Crippen LogP contribution in [0.1, 0.15) is 10.4 Å². The lowest BCUT2D eigenvalue weighted by molar-refractivity contribution is -0.0362. The molecule has 3 rings (SSSR count). The highest BCUT2D eigenvalue weighted by Crippen LogP contribution is 2.28. The largest absolute Gasteiger partial charge is 0.373 e. The van der Waals surface area contributed by atoms with Crippen LogP contribution >= 0.6 is 11.6 Å². The van der Waals surface area contributed by atoms with Gasteiger partial charge in [0.25, 0.3) is 5.91 Å². The van der Waals surface area contributed by atoms with Gasteiger partial charge in [-0.15, -0.1) is 0 Å². The van der Waals surface area contributed by atoms with Crippen molar-refractivity contribution in [1.29, 1.82) is 0 Å². The summed E-state index contributed by atoms with van der Waals surface area (Å²) in [6.07, 6.45) is -0.543. The molecule has 2 heterocycles. The molecule has 21 heavy (non-hydrogen) atoms. The number of hydrogen-bond acceptors (Lipinski definition) is 4. The molecule has 1 amide bonds. The Morgan fingerprint density at radius 2 is 2.14 bits per heavy atom. The molecular weight excluding hydrogens is 321 g/mol. The third kappa shape index (κ3) is 2.65. The van der Waals surface area contributed by atoms with Crippen molar-refractivity contribution in [3.05, 3.63) is 34.6 Å². The summed E-state index contributed by atoms with van der Waals surface area (Å²) in [6.45, 7) is 0.453. The first kappa shape index (κ1) is 14.7. The van der Waals surface area contributed by atoms with Gasteiger partial charge in [-0.1, -0.05) is 17.7 Å². The van der Waals surface area contributed by atoms with Gasteiger partial charge in [0.2, 0.25) is 0 Å². The van der Waals surface area contributed by atoms with Crippen LogP contribution in [-0.2, 0) is 14.6 Å². The van der Waals surface area contributed by atoms with Crippen molar-refractivity contribution in [1.82, 2.24) is 4.90 Å². The van der Waals surface area contributed by atoms with E-state index in [1.54, 1.807) is 0 Å². The third-order valence-electron chi connectivity index (χ3n) is 3.77. The highest BCUT2D eigenvalue weighted by Gasteiger charge is 2.46. The quantitative estimate of drug-likeness (QED) is 0.772. The van der Waals surface area contributed by atoms with Gasteiger partial charge in [-0.25, -0.2) is 12.8 Å². The zero-order valence-electron chi connectivity index (χ0n) is 11.0. The summed E-state index contributed by atoms with van der Waals surface area (Å²) in [5, 5.41) is 0.0175. The first-order valence-electron chi connectivity index (χ1n) is 6.46. The molecule has 2 aliphatic rings. The molecule has 0 saturated carbocycles. The Balaban J connectivity index is 1.94. The van der Waals surface area contributed by atoms with E-state index in [0.29, 0.717) is 0 Å². The summed E-state index contributed by atoms with van der Waals surface area (Å²) in [6, 6.07) is 3.42. The number of nitrogens with zero attached hydrogens (tertiary/aromatic N) is 1. The van der Waals surface area contributed by atoms with Crippen molar-refractivity contribution in [3.63, 3.8) is 0 Å². The number of carbonyl (C=O) groups excluding carboxylic acids is 1. The summed E-state index contributed by atoms with van der Waals surface area (Å²) in [7, 11) is -3.24. The van der Waals surface area contributed by atoms with Crippen molar-refractivity contribution in [2.75, 3.05) is 24.7 Å². The zero-order valence-corrected chi connectivity index (χ0v) is 12.5. The van der Waals surface area contributed by atoms with Crippen LogP contribution in [0.4, 0.5) is 4.39 Å². The molecule has 2 saturated heterocycles. The maximum absolute atomic E-state index is 13.9. The molecule has 0 aromatic heterocycles. The molecule has 0 aliphatic carbocycles. The summed E-state index contributed by atoms with van der Waals surface area (Å²) >= 11 is 5.91. The lowest BCUT2D eigenvalue weighted by Gasteiger charge is -2.36. The van der Waals surface area contributed by atoms with Gasteiger partial charge in [-0.05, 0) is 12.1 Å². The van der Waals surface area contributed by atoms with Crippen LogP contribution in [0.15, 0.2) is 18.2 Å². The molecule has 2 aliphatic heterocycles. The van der Waals surface area contributed by atoms with Crippen molar-refractivity contribution >= 4 is 27.3 Å². The Bertz CT molecular complexity index is 673. The Morgan fingerprint density at radius 3 is 2.86 bits per heavy atom. The SMILES string of the molecule is O=C(c1c(F)cccc1Cl)N1CCOC2CS(=O)(=O)CC21. The molecule has 1 aromatic rings. The van der Waals surface area contributed by atoms with Crippen molar-refractivity contribution < 1.29 is 22.3 Å². The number of benzene rings is 1. The van der Waals surface area contributed by atoms with Gasteiger partial charge in [0.15, 0.2) is 9.84 Å². The van der Waals surface area contributed by atoms with Gasteiger partial charge in [-0.3, -0.25) is 4.79 Å². The van der Waals surface area contributed by atoms with E-state index < -0.39 is 33.7 Å². The van der Waals surface area contributed by atoms with Crippen LogP contribution in [0.3, 0.4) is 0 Å². The molecule has 0 spiro atoms. The Kier molecular flexibility index (Phi) is 3.67. The van der Waals surface area contributed by atoms with Crippen LogP contribution in [0.25, 0.3) is 0 Å². The predicted octanol–water partition coefficient (Wildman–Crippen LogP) is 1.12. The number of halogens is 2. The Hall–Kier alpha value is -1.18. The lowest BCUT2D eigenvalue weighted by Crippen LogP contribution is -2.53. The zero-order chi connectivity index (χ0) is 15.2. The minimum atomic E-state index is -3.24. The summed E-state index contributed by atoms with van der Waals surface area (Å²) < 4.78 is 42.7. The monoisotopic (exact) mass is 333 g/mol. The van der Waals surface area contributed by atoms with E-state index in [1.165, 1.54) is 17.0 Å². The minimum absolute atomic E-state index is 0.0175. The molecule has 2 fully saturated rings. The van der Waals surface area contributed by atoms with Crippen LogP contribution in [-0.4, -0.2) is 56.0 Å². The van der Waals surface area contributed by atoms with E-state index in [1.807, 2.05) is 0 Å². The number of ether oxygens (including phenoxy) is 1. The van der Waals surface area contributed by atoms with E-state index in [-0.39, 0.29) is 35.2 Å². The number of sulfone groups is 1. The summed E-state index contributed by atoms with van der Waals surface area (Å²) in [5.74, 6) is -1.56. The molecule has 2 unspecified atom stereocenters. The number of morpholine rings is 1. The molecule has 0 radical (unpaired) electrons.